The molecule has 2 rings (SSSR count). The quantitative estimate of drug-likeness (QED) is 0.869. The predicted octanol–water partition coefficient (Wildman–Crippen LogP) is 3.30. The van der Waals surface area contributed by atoms with Gasteiger partial charge in [0.15, 0.2) is 0 Å². The van der Waals surface area contributed by atoms with E-state index in [1.165, 1.54) is 12.8 Å². The molecule has 1 aliphatic heterocycles. The molecule has 0 aliphatic carbocycles. The smallest absolute Gasteiger partial charge is 0.222 e. The van der Waals surface area contributed by atoms with Crippen LogP contribution < -0.4 is 10.1 Å². The van der Waals surface area contributed by atoms with Crippen LogP contribution in [0.1, 0.15) is 42.9 Å². The minimum absolute atomic E-state index is 0.235. The summed E-state index contributed by atoms with van der Waals surface area (Å²) in [5, 5.41) is 3.44. The molecule has 1 amide bonds. The molecular weight excluding hydrogens is 300 g/mol. The summed E-state index contributed by atoms with van der Waals surface area (Å²) in [4.78, 5) is 14.4. The number of nitrogens with one attached hydrogen (secondary N) is 1. The van der Waals surface area contributed by atoms with Gasteiger partial charge in [0.2, 0.25) is 5.91 Å². The second kappa shape index (κ2) is 8.52. The number of amides is 1. The topological polar surface area (TPSA) is 41.6 Å². The normalized spacial score (nSPS) is 19.0. The van der Waals surface area contributed by atoms with E-state index in [0.29, 0.717) is 24.8 Å². The molecule has 4 nitrogen and oxygen atoms in total. The van der Waals surface area contributed by atoms with Crippen molar-refractivity contribution in [3.05, 3.63) is 28.8 Å². The second-order valence-electron chi connectivity index (χ2n) is 7.30. The van der Waals surface area contributed by atoms with Crippen LogP contribution in [0.25, 0.3) is 0 Å². The molecule has 1 aromatic carbocycles. The van der Waals surface area contributed by atoms with Crippen molar-refractivity contribution in [3.63, 3.8) is 0 Å². The minimum Gasteiger partial charge on any atom is -0.496 e. The van der Waals surface area contributed by atoms with E-state index >= 15 is 0 Å². The highest BCUT2D eigenvalue weighted by Crippen LogP contribution is 2.26. The summed E-state index contributed by atoms with van der Waals surface area (Å²) in [5.74, 6) is 2.24. The fourth-order valence-corrected chi connectivity index (χ4v) is 3.78. The molecule has 1 N–H and O–H groups in total. The molecule has 0 spiro atoms. The van der Waals surface area contributed by atoms with Crippen LogP contribution in [0.2, 0.25) is 0 Å². The summed E-state index contributed by atoms with van der Waals surface area (Å²) in [6.45, 7) is 9.14. The van der Waals surface area contributed by atoms with E-state index in [4.69, 9.17) is 4.74 Å². The molecule has 1 fully saturated rings. The monoisotopic (exact) mass is 332 g/mol. The van der Waals surface area contributed by atoms with Crippen molar-refractivity contribution in [1.29, 1.82) is 0 Å². The Kier molecular flexibility index (Phi) is 6.67. The third kappa shape index (κ3) is 4.73. The van der Waals surface area contributed by atoms with Crippen molar-refractivity contribution in [2.75, 3.05) is 27.2 Å². The Morgan fingerprint density at radius 2 is 2.04 bits per heavy atom. The van der Waals surface area contributed by atoms with Gasteiger partial charge >= 0.3 is 0 Å². The summed E-state index contributed by atoms with van der Waals surface area (Å²) in [6.07, 6.45) is 3.10. The van der Waals surface area contributed by atoms with Crippen LogP contribution in [0.3, 0.4) is 0 Å². The molecule has 1 saturated heterocycles. The zero-order valence-electron chi connectivity index (χ0n) is 15.8. The fraction of sp³-hybridized carbons (Fsp3) is 0.650. The van der Waals surface area contributed by atoms with Crippen LogP contribution in [0, 0.1) is 25.7 Å². The van der Waals surface area contributed by atoms with Gasteiger partial charge in [-0.2, -0.15) is 0 Å². The van der Waals surface area contributed by atoms with Crippen molar-refractivity contribution in [1.82, 2.24) is 10.2 Å². The molecule has 134 valence electrons. The van der Waals surface area contributed by atoms with Crippen LogP contribution in [-0.2, 0) is 11.3 Å². The molecule has 1 aromatic rings. The van der Waals surface area contributed by atoms with Gasteiger partial charge in [-0.05, 0) is 68.3 Å². The van der Waals surface area contributed by atoms with Crippen molar-refractivity contribution < 1.29 is 9.53 Å². The summed E-state index contributed by atoms with van der Waals surface area (Å²) in [5.41, 5.74) is 3.40. The molecule has 0 bridgehead atoms. The first kappa shape index (κ1) is 18.8. The molecule has 2 atom stereocenters. The van der Waals surface area contributed by atoms with Gasteiger partial charge in [0.05, 0.1) is 7.11 Å². The lowest BCUT2D eigenvalue weighted by Crippen LogP contribution is -2.36. The lowest BCUT2D eigenvalue weighted by molar-refractivity contribution is -0.131. The Hall–Kier alpha value is -1.55. The molecule has 0 saturated carbocycles. The number of nitrogens with zero attached hydrogens (tertiary/aromatic N) is 1. The first-order valence-electron chi connectivity index (χ1n) is 9.01. The SMILES string of the molecule is COc1c(C)cc(CN(C)C(=O)CC(C)C2CCCNC2)cc1C. The average molecular weight is 332 g/mol. The average Bonchev–Trinajstić information content (AvgIpc) is 2.55. The maximum atomic E-state index is 12.6. The summed E-state index contributed by atoms with van der Waals surface area (Å²) in [6, 6.07) is 4.23. The number of piperidine rings is 1. The van der Waals surface area contributed by atoms with Crippen molar-refractivity contribution in [2.24, 2.45) is 11.8 Å². The van der Waals surface area contributed by atoms with Gasteiger partial charge < -0.3 is 15.0 Å². The maximum absolute atomic E-state index is 12.6. The number of rotatable bonds is 6. The Bertz CT molecular complexity index is 542. The van der Waals surface area contributed by atoms with E-state index in [0.717, 1.165) is 35.5 Å². The number of carbonyl (C=O) groups is 1. The van der Waals surface area contributed by atoms with Gasteiger partial charge in [-0.3, -0.25) is 4.79 Å². The van der Waals surface area contributed by atoms with Gasteiger partial charge in [-0.15, -0.1) is 0 Å². The summed E-state index contributed by atoms with van der Waals surface area (Å²) >= 11 is 0. The third-order valence-corrected chi connectivity index (χ3v) is 5.21. The highest BCUT2D eigenvalue weighted by atomic mass is 16.5. The Labute approximate surface area is 146 Å². The van der Waals surface area contributed by atoms with Crippen LogP contribution in [0.15, 0.2) is 12.1 Å². The Morgan fingerprint density at radius 3 is 2.58 bits per heavy atom. The molecular formula is C20H32N2O2. The first-order chi connectivity index (χ1) is 11.4. The van der Waals surface area contributed by atoms with E-state index in [-0.39, 0.29) is 5.91 Å². The number of benzene rings is 1. The zero-order chi connectivity index (χ0) is 17.7. The minimum atomic E-state index is 0.235. The molecule has 0 radical (unpaired) electrons. The lowest BCUT2D eigenvalue weighted by Gasteiger charge is -2.29. The van der Waals surface area contributed by atoms with E-state index in [9.17, 15) is 4.79 Å². The Morgan fingerprint density at radius 1 is 1.38 bits per heavy atom. The van der Waals surface area contributed by atoms with Crippen LogP contribution in [0.5, 0.6) is 5.75 Å². The van der Waals surface area contributed by atoms with E-state index < -0.39 is 0 Å². The number of hydrogen-bond acceptors (Lipinski definition) is 3. The van der Waals surface area contributed by atoms with E-state index in [2.05, 4.69) is 38.2 Å². The predicted molar refractivity (Wildman–Crippen MR) is 98.3 cm³/mol. The lowest BCUT2D eigenvalue weighted by atomic mass is 9.85. The van der Waals surface area contributed by atoms with Crippen molar-refractivity contribution >= 4 is 5.91 Å². The molecule has 1 aliphatic rings. The van der Waals surface area contributed by atoms with Crippen LogP contribution in [0.4, 0.5) is 0 Å². The van der Waals surface area contributed by atoms with Gasteiger partial charge in [-0.1, -0.05) is 19.1 Å². The standard InChI is InChI=1S/C20H32N2O2/c1-14(18-7-6-8-21-12-18)11-19(23)22(4)13-17-9-15(2)20(24-5)16(3)10-17/h9-10,14,18,21H,6-8,11-13H2,1-5H3. The van der Waals surface area contributed by atoms with Gasteiger partial charge in [0.1, 0.15) is 5.75 Å². The third-order valence-electron chi connectivity index (χ3n) is 5.21. The largest absolute Gasteiger partial charge is 0.496 e. The molecule has 0 aromatic heterocycles. The number of ether oxygens (including phenoxy) is 1. The maximum Gasteiger partial charge on any atom is 0.222 e. The zero-order valence-corrected chi connectivity index (χ0v) is 15.8. The fourth-order valence-electron chi connectivity index (χ4n) is 3.78. The Balaban J connectivity index is 1.93. The number of hydrogen-bond donors (Lipinski definition) is 1. The molecule has 24 heavy (non-hydrogen) atoms. The number of aryl methyl sites for hydroxylation is 2. The van der Waals surface area contributed by atoms with Crippen molar-refractivity contribution in [2.45, 2.75) is 46.6 Å². The molecule has 1 heterocycles. The van der Waals surface area contributed by atoms with Gasteiger partial charge in [-0.25, -0.2) is 0 Å². The van der Waals surface area contributed by atoms with Crippen molar-refractivity contribution in [3.8, 4) is 5.75 Å². The van der Waals surface area contributed by atoms with Gasteiger partial charge in [0, 0.05) is 20.0 Å². The van der Waals surface area contributed by atoms with Crippen LogP contribution >= 0.6 is 0 Å². The highest BCUT2D eigenvalue weighted by molar-refractivity contribution is 5.76. The van der Waals surface area contributed by atoms with E-state index in [1.54, 1.807) is 7.11 Å². The first-order valence-corrected chi connectivity index (χ1v) is 9.01. The van der Waals surface area contributed by atoms with Crippen LogP contribution in [-0.4, -0.2) is 38.1 Å². The van der Waals surface area contributed by atoms with E-state index in [1.807, 2.05) is 11.9 Å². The number of carbonyl (C=O) groups excluding carboxylic acids is 1. The molecule has 2 unspecified atom stereocenters. The summed E-state index contributed by atoms with van der Waals surface area (Å²) in [7, 11) is 3.61. The van der Waals surface area contributed by atoms with Gasteiger partial charge in [0.25, 0.3) is 0 Å². The highest BCUT2D eigenvalue weighted by Gasteiger charge is 2.23. The summed E-state index contributed by atoms with van der Waals surface area (Å²) < 4.78 is 5.42. The second-order valence-corrected chi connectivity index (χ2v) is 7.30. The molecule has 4 heteroatoms. The number of methoxy groups -OCH3 is 1.